The predicted octanol–water partition coefficient (Wildman–Crippen LogP) is 1.65. The summed E-state index contributed by atoms with van der Waals surface area (Å²) >= 11 is 0. The van der Waals surface area contributed by atoms with E-state index in [0.717, 1.165) is 5.56 Å². The fourth-order valence-electron chi connectivity index (χ4n) is 2.84. The zero-order chi connectivity index (χ0) is 17.0. The van der Waals surface area contributed by atoms with Crippen molar-refractivity contribution in [3.8, 4) is 6.07 Å². The quantitative estimate of drug-likeness (QED) is 0.844. The highest BCUT2D eigenvalue weighted by Gasteiger charge is 2.32. The number of hydrogen-bond donors (Lipinski definition) is 0. The summed E-state index contributed by atoms with van der Waals surface area (Å²) in [7, 11) is -3.57. The van der Waals surface area contributed by atoms with Gasteiger partial charge in [-0.25, -0.2) is 13.4 Å². The van der Waals surface area contributed by atoms with Crippen LogP contribution in [0.4, 0.5) is 0 Å². The molecule has 0 N–H and O–H groups in total. The average Bonchev–Trinajstić information content (AvgIpc) is 2.64. The van der Waals surface area contributed by atoms with Gasteiger partial charge in [0.15, 0.2) is 5.03 Å². The van der Waals surface area contributed by atoms with Gasteiger partial charge in [-0.3, -0.25) is 4.90 Å². The first-order valence-electron chi connectivity index (χ1n) is 7.73. The van der Waals surface area contributed by atoms with Crippen molar-refractivity contribution in [1.82, 2.24) is 14.2 Å². The van der Waals surface area contributed by atoms with Crippen LogP contribution in [0.1, 0.15) is 11.6 Å². The van der Waals surface area contributed by atoms with E-state index in [-0.39, 0.29) is 11.1 Å². The van der Waals surface area contributed by atoms with Crippen LogP contribution in [0.2, 0.25) is 0 Å². The summed E-state index contributed by atoms with van der Waals surface area (Å²) in [6.45, 7) is 1.73. The van der Waals surface area contributed by atoms with E-state index in [4.69, 9.17) is 0 Å². The van der Waals surface area contributed by atoms with Gasteiger partial charge in [-0.1, -0.05) is 36.4 Å². The van der Waals surface area contributed by atoms with Crippen LogP contribution in [-0.2, 0) is 10.0 Å². The normalized spacial score (nSPS) is 18.0. The molecule has 1 aromatic heterocycles. The molecule has 0 saturated carbocycles. The largest absolute Gasteiger partial charge is 0.282 e. The third kappa shape index (κ3) is 3.31. The Hall–Kier alpha value is -2.27. The fourth-order valence-corrected chi connectivity index (χ4v) is 4.19. The summed E-state index contributed by atoms with van der Waals surface area (Å²) in [5.41, 5.74) is 0.932. The first-order chi connectivity index (χ1) is 11.6. The van der Waals surface area contributed by atoms with Crippen molar-refractivity contribution in [2.45, 2.75) is 11.1 Å². The van der Waals surface area contributed by atoms with E-state index in [9.17, 15) is 13.7 Å². The lowest BCUT2D eigenvalue weighted by atomic mass is 10.1. The maximum absolute atomic E-state index is 12.6. The van der Waals surface area contributed by atoms with Crippen molar-refractivity contribution in [1.29, 1.82) is 5.26 Å². The van der Waals surface area contributed by atoms with Crippen LogP contribution in [0.5, 0.6) is 0 Å². The lowest BCUT2D eigenvalue weighted by molar-refractivity contribution is 0.162. The van der Waals surface area contributed by atoms with E-state index < -0.39 is 10.0 Å². The number of nitrogens with zero attached hydrogens (tertiary/aromatic N) is 4. The van der Waals surface area contributed by atoms with Gasteiger partial charge in [0.2, 0.25) is 0 Å². The second-order valence-corrected chi connectivity index (χ2v) is 7.44. The molecule has 0 radical (unpaired) electrons. The van der Waals surface area contributed by atoms with E-state index in [2.05, 4.69) is 11.1 Å². The minimum Gasteiger partial charge on any atom is -0.282 e. The molecule has 24 heavy (non-hydrogen) atoms. The van der Waals surface area contributed by atoms with Gasteiger partial charge in [0.05, 0.1) is 6.07 Å². The molecule has 1 aliphatic rings. The SMILES string of the molecule is N#CC(c1ccccc1)N1CCN(S(=O)(=O)c2ccccn2)CC1. The van der Waals surface area contributed by atoms with Crippen LogP contribution in [0.25, 0.3) is 0 Å². The molecule has 1 aromatic carbocycles. The number of sulfonamides is 1. The van der Waals surface area contributed by atoms with Gasteiger partial charge in [0.1, 0.15) is 6.04 Å². The molecule has 1 aliphatic heterocycles. The number of piperazine rings is 1. The third-order valence-electron chi connectivity index (χ3n) is 4.12. The van der Waals surface area contributed by atoms with Crippen molar-refractivity contribution >= 4 is 10.0 Å². The van der Waals surface area contributed by atoms with E-state index >= 15 is 0 Å². The number of rotatable bonds is 4. The lowest BCUT2D eigenvalue weighted by Gasteiger charge is -2.36. The number of aromatic nitrogens is 1. The summed E-state index contributed by atoms with van der Waals surface area (Å²) in [6.07, 6.45) is 1.48. The minimum absolute atomic E-state index is 0.0679. The molecule has 1 saturated heterocycles. The van der Waals surface area contributed by atoms with Gasteiger partial charge in [0.25, 0.3) is 10.0 Å². The molecule has 0 aliphatic carbocycles. The predicted molar refractivity (Wildman–Crippen MR) is 89.4 cm³/mol. The Kier molecular flexibility index (Phi) is 4.90. The van der Waals surface area contributed by atoms with Crippen molar-refractivity contribution in [3.05, 3.63) is 60.3 Å². The first kappa shape index (κ1) is 16.6. The van der Waals surface area contributed by atoms with Gasteiger partial charge in [-0.05, 0) is 17.7 Å². The van der Waals surface area contributed by atoms with Gasteiger partial charge < -0.3 is 0 Å². The molecule has 0 amide bonds. The van der Waals surface area contributed by atoms with Crippen LogP contribution in [-0.4, -0.2) is 48.8 Å². The van der Waals surface area contributed by atoms with E-state index in [1.165, 1.54) is 16.6 Å². The maximum Gasteiger partial charge on any atom is 0.260 e. The Morgan fingerprint density at radius 2 is 1.67 bits per heavy atom. The highest BCUT2D eigenvalue weighted by molar-refractivity contribution is 7.89. The molecule has 2 aromatic rings. The maximum atomic E-state index is 12.6. The average molecular weight is 342 g/mol. The van der Waals surface area contributed by atoms with Crippen molar-refractivity contribution in [3.63, 3.8) is 0 Å². The summed E-state index contributed by atoms with van der Waals surface area (Å²) in [6, 6.07) is 16.4. The Morgan fingerprint density at radius 1 is 1.00 bits per heavy atom. The van der Waals surface area contributed by atoms with E-state index in [1.54, 1.807) is 12.1 Å². The topological polar surface area (TPSA) is 77.3 Å². The van der Waals surface area contributed by atoms with Crippen molar-refractivity contribution in [2.24, 2.45) is 0 Å². The summed E-state index contributed by atoms with van der Waals surface area (Å²) in [5, 5.41) is 9.57. The molecule has 7 heteroatoms. The Labute approximate surface area is 142 Å². The standard InChI is InChI=1S/C17H18N4O2S/c18-14-16(15-6-2-1-3-7-15)20-10-12-21(13-11-20)24(22,23)17-8-4-5-9-19-17/h1-9,16H,10-13H2. The molecule has 2 heterocycles. The van der Waals surface area contributed by atoms with Crippen LogP contribution >= 0.6 is 0 Å². The van der Waals surface area contributed by atoms with Gasteiger partial charge >= 0.3 is 0 Å². The molecule has 1 unspecified atom stereocenters. The third-order valence-corrected chi connectivity index (χ3v) is 5.93. The summed E-state index contributed by atoms with van der Waals surface area (Å²) in [5.74, 6) is 0. The number of hydrogen-bond acceptors (Lipinski definition) is 5. The highest BCUT2D eigenvalue weighted by Crippen LogP contribution is 2.23. The molecule has 124 valence electrons. The van der Waals surface area contributed by atoms with Crippen LogP contribution < -0.4 is 0 Å². The smallest absolute Gasteiger partial charge is 0.260 e. The molecule has 3 rings (SSSR count). The van der Waals surface area contributed by atoms with Crippen LogP contribution in [0.3, 0.4) is 0 Å². The number of nitriles is 1. The van der Waals surface area contributed by atoms with Crippen LogP contribution in [0, 0.1) is 11.3 Å². The molecule has 1 fully saturated rings. The molecular formula is C17H18N4O2S. The Balaban J connectivity index is 1.71. The lowest BCUT2D eigenvalue weighted by Crippen LogP contribution is -2.49. The van der Waals surface area contributed by atoms with Crippen LogP contribution in [0.15, 0.2) is 59.8 Å². The first-order valence-corrected chi connectivity index (χ1v) is 9.17. The van der Waals surface area contributed by atoms with E-state index in [0.29, 0.717) is 26.2 Å². The molecule has 0 bridgehead atoms. The monoisotopic (exact) mass is 342 g/mol. The van der Waals surface area contributed by atoms with Gasteiger partial charge in [0, 0.05) is 32.4 Å². The zero-order valence-electron chi connectivity index (χ0n) is 13.1. The molecule has 0 spiro atoms. The van der Waals surface area contributed by atoms with Gasteiger partial charge in [-0.2, -0.15) is 9.57 Å². The van der Waals surface area contributed by atoms with Crippen molar-refractivity contribution < 1.29 is 8.42 Å². The second-order valence-electron chi connectivity index (χ2n) is 5.55. The Bertz CT molecular complexity index is 811. The van der Waals surface area contributed by atoms with Gasteiger partial charge in [-0.15, -0.1) is 0 Å². The molecular weight excluding hydrogens is 324 g/mol. The zero-order valence-corrected chi connectivity index (χ0v) is 13.9. The van der Waals surface area contributed by atoms with E-state index in [1.807, 2.05) is 35.2 Å². The highest BCUT2D eigenvalue weighted by atomic mass is 32.2. The molecule has 6 nitrogen and oxygen atoms in total. The second kappa shape index (κ2) is 7.09. The van der Waals surface area contributed by atoms with Crippen molar-refractivity contribution in [2.75, 3.05) is 26.2 Å². The molecule has 1 atom stereocenters. The number of benzene rings is 1. The number of pyridine rings is 1. The summed E-state index contributed by atoms with van der Waals surface area (Å²) in [4.78, 5) is 5.96. The fraction of sp³-hybridized carbons (Fsp3) is 0.294. The summed E-state index contributed by atoms with van der Waals surface area (Å²) < 4.78 is 26.6. The minimum atomic E-state index is -3.57. The Morgan fingerprint density at radius 3 is 2.25 bits per heavy atom.